The Morgan fingerprint density at radius 1 is 1.06 bits per heavy atom. The minimum Gasteiger partial charge on any atom is -0.352 e. The fourth-order valence-electron chi connectivity index (χ4n) is 4.19. The Balaban J connectivity index is 1.56. The highest BCUT2D eigenvalue weighted by molar-refractivity contribution is 5.79. The second-order valence-electron chi connectivity index (χ2n) is 6.34. The molecule has 0 aliphatic heterocycles. The summed E-state index contributed by atoms with van der Waals surface area (Å²) in [6, 6.07) is 0.432. The first-order valence-electron chi connectivity index (χ1n) is 7.30. The number of nitrogens with one attached hydrogen (secondary N) is 1. The van der Waals surface area contributed by atoms with E-state index in [-0.39, 0.29) is 12.1 Å². The number of hydrogen-bond acceptors (Lipinski definition) is 2. The monoisotopic (exact) mass is 236 g/mol. The van der Waals surface area contributed by atoms with E-state index in [9.17, 15) is 4.79 Å². The molecule has 0 spiro atoms. The van der Waals surface area contributed by atoms with Crippen LogP contribution in [-0.4, -0.2) is 18.0 Å². The molecule has 3 rings (SSSR count). The van der Waals surface area contributed by atoms with Gasteiger partial charge >= 0.3 is 0 Å². The quantitative estimate of drug-likeness (QED) is 0.768. The summed E-state index contributed by atoms with van der Waals surface area (Å²) >= 11 is 0. The van der Waals surface area contributed by atoms with Crippen LogP contribution < -0.4 is 11.1 Å². The van der Waals surface area contributed by atoms with Crippen LogP contribution in [0.3, 0.4) is 0 Å². The maximum atomic E-state index is 12.3. The summed E-state index contributed by atoms with van der Waals surface area (Å²) in [5.74, 6) is 2.14. The van der Waals surface area contributed by atoms with Crippen LogP contribution in [-0.2, 0) is 4.79 Å². The summed E-state index contributed by atoms with van der Waals surface area (Å²) in [5.41, 5.74) is 6.09. The Kier molecular flexibility index (Phi) is 3.12. The first-order valence-corrected chi connectivity index (χ1v) is 7.30. The molecular formula is C14H24N2O. The lowest BCUT2D eigenvalue weighted by Crippen LogP contribution is -2.51. The van der Waals surface area contributed by atoms with E-state index in [2.05, 4.69) is 5.32 Å². The van der Waals surface area contributed by atoms with Crippen LogP contribution in [0.25, 0.3) is 0 Å². The van der Waals surface area contributed by atoms with Crippen molar-refractivity contribution in [1.29, 1.82) is 0 Å². The summed E-state index contributed by atoms with van der Waals surface area (Å²) in [7, 11) is 0. The van der Waals surface area contributed by atoms with Crippen LogP contribution in [0.2, 0.25) is 0 Å². The van der Waals surface area contributed by atoms with Gasteiger partial charge in [0.15, 0.2) is 0 Å². The van der Waals surface area contributed by atoms with Gasteiger partial charge in [-0.05, 0) is 43.9 Å². The molecule has 0 saturated heterocycles. The molecule has 3 fully saturated rings. The summed E-state index contributed by atoms with van der Waals surface area (Å²) in [6.07, 6.45) is 9.66. The molecule has 0 aromatic rings. The van der Waals surface area contributed by atoms with Crippen molar-refractivity contribution in [1.82, 2.24) is 5.32 Å². The van der Waals surface area contributed by atoms with E-state index < -0.39 is 0 Å². The summed E-state index contributed by atoms with van der Waals surface area (Å²) in [4.78, 5) is 12.3. The first-order chi connectivity index (χ1) is 8.24. The lowest BCUT2D eigenvalue weighted by Gasteiger charge is -2.31. The Labute approximate surface area is 104 Å². The lowest BCUT2D eigenvalue weighted by molar-refractivity contribution is -0.127. The molecule has 3 saturated carbocycles. The molecule has 3 aliphatic rings. The number of carbonyl (C=O) groups excluding carboxylic acids is 1. The highest BCUT2D eigenvalue weighted by Gasteiger charge is 2.43. The maximum Gasteiger partial charge on any atom is 0.223 e. The Hall–Kier alpha value is -0.570. The molecule has 17 heavy (non-hydrogen) atoms. The smallest absolute Gasteiger partial charge is 0.223 e. The average Bonchev–Trinajstić information content (AvgIpc) is 2.94. The molecule has 2 bridgehead atoms. The van der Waals surface area contributed by atoms with Crippen molar-refractivity contribution >= 4 is 5.91 Å². The van der Waals surface area contributed by atoms with E-state index in [0.717, 1.165) is 25.2 Å². The molecule has 0 aromatic carbocycles. The van der Waals surface area contributed by atoms with E-state index in [1.165, 1.54) is 32.1 Å². The number of carbonyl (C=O) groups is 1. The molecule has 0 radical (unpaired) electrons. The SMILES string of the molecule is N[C@@H]1CCCC[C@@H]1NC(=O)[C@@H]1C[C@@H]2CC[C@@H]1C2. The molecule has 3 heteroatoms. The predicted octanol–water partition coefficient (Wildman–Crippen LogP) is 1.81. The van der Waals surface area contributed by atoms with Gasteiger partial charge in [0.05, 0.1) is 0 Å². The third-order valence-corrected chi connectivity index (χ3v) is 5.22. The normalized spacial score (nSPS) is 44.9. The molecule has 3 N–H and O–H groups in total. The van der Waals surface area contributed by atoms with Gasteiger partial charge in [-0.2, -0.15) is 0 Å². The van der Waals surface area contributed by atoms with Crippen molar-refractivity contribution in [2.24, 2.45) is 23.5 Å². The second kappa shape index (κ2) is 4.60. The minimum absolute atomic E-state index is 0.186. The molecule has 0 aromatic heterocycles. The molecule has 3 nitrogen and oxygen atoms in total. The van der Waals surface area contributed by atoms with Crippen molar-refractivity contribution in [3.63, 3.8) is 0 Å². The Morgan fingerprint density at radius 3 is 2.53 bits per heavy atom. The van der Waals surface area contributed by atoms with Crippen molar-refractivity contribution < 1.29 is 4.79 Å². The van der Waals surface area contributed by atoms with Crippen molar-refractivity contribution in [2.75, 3.05) is 0 Å². The average molecular weight is 236 g/mol. The Bertz CT molecular complexity index is 305. The van der Waals surface area contributed by atoms with Crippen LogP contribution in [0.4, 0.5) is 0 Å². The molecule has 0 unspecified atom stereocenters. The number of amides is 1. The topological polar surface area (TPSA) is 55.1 Å². The molecule has 0 heterocycles. The van der Waals surface area contributed by atoms with Crippen molar-refractivity contribution in [2.45, 2.75) is 63.5 Å². The molecular weight excluding hydrogens is 212 g/mol. The van der Waals surface area contributed by atoms with Crippen LogP contribution in [0.1, 0.15) is 51.4 Å². The van der Waals surface area contributed by atoms with E-state index in [1.807, 2.05) is 0 Å². The highest BCUT2D eigenvalue weighted by atomic mass is 16.2. The molecule has 1 amide bonds. The third kappa shape index (κ3) is 2.22. The molecule has 5 atom stereocenters. The van der Waals surface area contributed by atoms with Crippen LogP contribution >= 0.6 is 0 Å². The minimum atomic E-state index is 0.186. The number of hydrogen-bond donors (Lipinski definition) is 2. The van der Waals surface area contributed by atoms with Crippen LogP contribution in [0.15, 0.2) is 0 Å². The Morgan fingerprint density at radius 2 is 1.88 bits per heavy atom. The first kappa shape index (κ1) is 11.5. The fraction of sp³-hybridized carbons (Fsp3) is 0.929. The zero-order chi connectivity index (χ0) is 11.8. The summed E-state index contributed by atoms with van der Waals surface area (Å²) < 4.78 is 0. The highest BCUT2D eigenvalue weighted by Crippen LogP contribution is 2.48. The van der Waals surface area contributed by atoms with Crippen LogP contribution in [0, 0.1) is 17.8 Å². The number of fused-ring (bicyclic) bond motifs is 2. The van der Waals surface area contributed by atoms with Crippen LogP contribution in [0.5, 0.6) is 0 Å². The van der Waals surface area contributed by atoms with Gasteiger partial charge in [-0.25, -0.2) is 0 Å². The largest absolute Gasteiger partial charge is 0.352 e. The zero-order valence-electron chi connectivity index (χ0n) is 10.5. The fourth-order valence-corrected chi connectivity index (χ4v) is 4.19. The standard InChI is InChI=1S/C14H24N2O/c15-12-3-1-2-4-13(12)16-14(17)11-8-9-5-6-10(11)7-9/h9-13H,1-8,15H2,(H,16,17)/t9-,10-,11-,12-,13+/m1/s1. The molecule has 3 aliphatic carbocycles. The third-order valence-electron chi connectivity index (χ3n) is 5.22. The maximum absolute atomic E-state index is 12.3. The van der Waals surface area contributed by atoms with E-state index >= 15 is 0 Å². The van der Waals surface area contributed by atoms with Gasteiger partial charge in [-0.3, -0.25) is 4.79 Å². The van der Waals surface area contributed by atoms with Gasteiger partial charge in [0.1, 0.15) is 0 Å². The van der Waals surface area contributed by atoms with Crippen molar-refractivity contribution in [3.05, 3.63) is 0 Å². The summed E-state index contributed by atoms with van der Waals surface area (Å²) in [6.45, 7) is 0. The van der Waals surface area contributed by atoms with Gasteiger partial charge in [-0.15, -0.1) is 0 Å². The van der Waals surface area contributed by atoms with E-state index in [4.69, 9.17) is 5.73 Å². The second-order valence-corrected chi connectivity index (χ2v) is 6.34. The van der Waals surface area contributed by atoms with E-state index in [0.29, 0.717) is 17.7 Å². The van der Waals surface area contributed by atoms with Gasteiger partial charge in [-0.1, -0.05) is 19.3 Å². The number of rotatable bonds is 2. The van der Waals surface area contributed by atoms with Gasteiger partial charge in [0.2, 0.25) is 5.91 Å². The molecule has 96 valence electrons. The number of nitrogens with two attached hydrogens (primary N) is 1. The predicted molar refractivity (Wildman–Crippen MR) is 67.3 cm³/mol. The van der Waals surface area contributed by atoms with Gasteiger partial charge in [0, 0.05) is 18.0 Å². The zero-order valence-corrected chi connectivity index (χ0v) is 10.5. The van der Waals surface area contributed by atoms with Crippen molar-refractivity contribution in [3.8, 4) is 0 Å². The summed E-state index contributed by atoms with van der Waals surface area (Å²) in [5, 5.41) is 3.23. The van der Waals surface area contributed by atoms with Gasteiger partial charge < -0.3 is 11.1 Å². The van der Waals surface area contributed by atoms with E-state index in [1.54, 1.807) is 0 Å². The lowest BCUT2D eigenvalue weighted by atomic mass is 9.86. The van der Waals surface area contributed by atoms with Gasteiger partial charge in [0.25, 0.3) is 0 Å².